The smallest absolute Gasteiger partial charge is 0.173 e. The molecule has 4 heteroatoms. The van der Waals surface area contributed by atoms with E-state index < -0.39 is 0 Å². The van der Waals surface area contributed by atoms with Crippen LogP contribution in [0.4, 0.5) is 0 Å². The van der Waals surface area contributed by atoms with Gasteiger partial charge in [0.15, 0.2) is 6.19 Å². The third kappa shape index (κ3) is 30.4. The molecule has 0 aromatic rings. The zero-order valence-corrected chi connectivity index (χ0v) is 5.62. The Morgan fingerprint density at radius 3 is 1.80 bits per heavy atom. The van der Waals surface area contributed by atoms with Crippen molar-refractivity contribution in [3.63, 3.8) is 0 Å². The molecule has 0 rings (SSSR count). The van der Waals surface area contributed by atoms with Crippen molar-refractivity contribution in [2.45, 2.75) is 19.3 Å². The maximum absolute atomic E-state index is 9.56. The number of nitriles is 1. The van der Waals surface area contributed by atoms with Crippen molar-refractivity contribution in [1.29, 1.82) is 5.26 Å². The third-order valence-corrected chi connectivity index (χ3v) is 0.644. The first-order valence-corrected chi connectivity index (χ1v) is 2.80. The van der Waals surface area contributed by atoms with Gasteiger partial charge in [0.05, 0.1) is 0 Å². The molecule has 0 aliphatic carbocycles. The van der Waals surface area contributed by atoms with E-state index in [-0.39, 0.29) is 0 Å². The van der Waals surface area contributed by atoms with Gasteiger partial charge in [-0.25, -0.2) is 0 Å². The summed E-state index contributed by atoms with van der Waals surface area (Å²) in [4.78, 5) is 19.1. The maximum Gasteiger partial charge on any atom is 0.173 e. The summed E-state index contributed by atoms with van der Waals surface area (Å²) in [5, 5.41) is 7.10. The Morgan fingerprint density at radius 1 is 1.30 bits per heavy atom. The second-order valence-electron chi connectivity index (χ2n) is 1.39. The van der Waals surface area contributed by atoms with Gasteiger partial charge in [0, 0.05) is 12.8 Å². The van der Waals surface area contributed by atoms with E-state index in [4.69, 9.17) is 5.26 Å². The second kappa shape index (κ2) is 15.6. The fourth-order valence-electron chi connectivity index (χ4n) is 0.285. The van der Waals surface area contributed by atoms with Crippen LogP contribution in [-0.4, -0.2) is 12.6 Å². The highest BCUT2D eigenvalue weighted by atomic mass is 16.1. The minimum absolute atomic E-state index is 0.513. The van der Waals surface area contributed by atoms with Crippen molar-refractivity contribution < 1.29 is 9.59 Å². The zero-order valence-electron chi connectivity index (χ0n) is 5.62. The van der Waals surface area contributed by atoms with Crippen LogP contribution >= 0.6 is 0 Å². The van der Waals surface area contributed by atoms with E-state index in [1.54, 1.807) is 0 Å². The minimum atomic E-state index is 0.513. The van der Waals surface area contributed by atoms with Crippen LogP contribution < -0.4 is 5.73 Å². The third-order valence-electron chi connectivity index (χ3n) is 0.644. The van der Waals surface area contributed by atoms with Gasteiger partial charge in [-0.1, -0.05) is 0 Å². The number of hydrogen-bond donors (Lipinski definition) is 1. The number of carbonyl (C=O) groups is 2. The Hall–Kier alpha value is -1.37. The minimum Gasteiger partial charge on any atom is -0.337 e. The van der Waals surface area contributed by atoms with Crippen LogP contribution in [0.15, 0.2) is 0 Å². The molecule has 0 atom stereocenters. The fourth-order valence-corrected chi connectivity index (χ4v) is 0.285. The first-order chi connectivity index (χ1) is 4.83. The van der Waals surface area contributed by atoms with Crippen LogP contribution in [0.5, 0.6) is 0 Å². The molecule has 0 spiro atoms. The van der Waals surface area contributed by atoms with Gasteiger partial charge >= 0.3 is 0 Å². The molecule has 0 bridgehead atoms. The average Bonchev–Trinajstić information content (AvgIpc) is 1.91. The van der Waals surface area contributed by atoms with Crippen LogP contribution in [0.25, 0.3) is 0 Å². The predicted molar refractivity (Wildman–Crippen MR) is 35.8 cm³/mol. The average molecular weight is 142 g/mol. The molecule has 2 N–H and O–H groups in total. The van der Waals surface area contributed by atoms with E-state index in [1.807, 2.05) is 0 Å². The molecular weight excluding hydrogens is 132 g/mol. The van der Waals surface area contributed by atoms with Crippen LogP contribution in [0.1, 0.15) is 19.3 Å². The van der Waals surface area contributed by atoms with Crippen molar-refractivity contribution in [1.82, 2.24) is 0 Å². The number of aldehydes is 2. The van der Waals surface area contributed by atoms with E-state index in [0.29, 0.717) is 19.3 Å². The number of rotatable bonds is 4. The van der Waals surface area contributed by atoms with Crippen LogP contribution in [0.2, 0.25) is 0 Å². The van der Waals surface area contributed by atoms with Gasteiger partial charge in [-0.05, 0) is 6.42 Å². The number of nitrogens with zero attached hydrogens (tertiary/aromatic N) is 1. The van der Waals surface area contributed by atoms with Gasteiger partial charge in [-0.2, -0.15) is 5.26 Å². The quantitative estimate of drug-likeness (QED) is 0.259. The summed E-state index contributed by atoms with van der Waals surface area (Å²) >= 11 is 0. The summed E-state index contributed by atoms with van der Waals surface area (Å²) in [6.45, 7) is 0. The van der Waals surface area contributed by atoms with Gasteiger partial charge in [0.25, 0.3) is 0 Å². The first kappa shape index (κ1) is 11.4. The Bertz CT molecular complexity index is 109. The molecule has 4 nitrogen and oxygen atoms in total. The molecule has 0 radical (unpaired) electrons. The van der Waals surface area contributed by atoms with Gasteiger partial charge in [0.2, 0.25) is 0 Å². The summed E-state index contributed by atoms with van der Waals surface area (Å²) in [5.74, 6) is 0. The summed E-state index contributed by atoms with van der Waals surface area (Å²) in [6.07, 6.45) is 4.62. The molecule has 0 aromatic carbocycles. The lowest BCUT2D eigenvalue weighted by Crippen LogP contribution is -1.76. The summed E-state index contributed by atoms with van der Waals surface area (Å²) in [6, 6.07) is 0. The predicted octanol–water partition coefficient (Wildman–Crippen LogP) is -0.0193. The number of unbranched alkanes of at least 4 members (excludes halogenated alkanes) is 2. The van der Waals surface area contributed by atoms with E-state index in [2.05, 4.69) is 5.73 Å². The van der Waals surface area contributed by atoms with E-state index in [1.165, 1.54) is 6.19 Å². The van der Waals surface area contributed by atoms with Crippen molar-refractivity contribution in [3.8, 4) is 6.19 Å². The van der Waals surface area contributed by atoms with Crippen LogP contribution in [-0.2, 0) is 9.59 Å². The Balaban J connectivity index is 0. The molecular formula is C6H10N2O2. The van der Waals surface area contributed by atoms with Gasteiger partial charge in [-0.3, -0.25) is 0 Å². The number of hydrogen-bond acceptors (Lipinski definition) is 4. The Kier molecular flexibility index (Phi) is 17.9. The first-order valence-electron chi connectivity index (χ1n) is 2.80. The highest BCUT2D eigenvalue weighted by molar-refractivity contribution is 5.52. The Morgan fingerprint density at radius 2 is 1.60 bits per heavy atom. The van der Waals surface area contributed by atoms with E-state index >= 15 is 0 Å². The van der Waals surface area contributed by atoms with Crippen molar-refractivity contribution in [2.75, 3.05) is 0 Å². The zero-order chi connectivity index (χ0) is 8.24. The number of carbonyl (C=O) groups excluding carboxylic acids is 2. The van der Waals surface area contributed by atoms with Crippen molar-refractivity contribution in [2.24, 2.45) is 5.73 Å². The molecule has 0 fully saturated rings. The van der Waals surface area contributed by atoms with Crippen LogP contribution in [0, 0.1) is 11.5 Å². The fraction of sp³-hybridized carbons (Fsp3) is 0.500. The highest BCUT2D eigenvalue weighted by Gasteiger charge is 1.80. The molecule has 0 amide bonds. The van der Waals surface area contributed by atoms with Gasteiger partial charge < -0.3 is 15.3 Å². The molecule has 0 heterocycles. The van der Waals surface area contributed by atoms with Crippen molar-refractivity contribution in [3.05, 3.63) is 0 Å². The standard InChI is InChI=1S/C5H8O2.CH2N2/c6-4-2-1-3-5-7;2-1-3/h4-5H,1-3H2;2H2. The van der Waals surface area contributed by atoms with E-state index in [0.717, 1.165) is 12.6 Å². The molecule has 0 aliphatic rings. The lowest BCUT2D eigenvalue weighted by Gasteiger charge is -1.78. The van der Waals surface area contributed by atoms with Crippen LogP contribution in [0.3, 0.4) is 0 Å². The second-order valence-corrected chi connectivity index (χ2v) is 1.39. The monoisotopic (exact) mass is 142 g/mol. The summed E-state index contributed by atoms with van der Waals surface area (Å²) in [5.41, 5.74) is 4.15. The van der Waals surface area contributed by atoms with Crippen molar-refractivity contribution >= 4 is 12.6 Å². The summed E-state index contributed by atoms with van der Waals surface area (Å²) < 4.78 is 0. The molecule has 0 saturated carbocycles. The molecule has 56 valence electrons. The normalized spacial score (nSPS) is 6.30. The molecule has 0 unspecified atom stereocenters. The molecule has 0 aromatic heterocycles. The van der Waals surface area contributed by atoms with E-state index in [9.17, 15) is 9.59 Å². The van der Waals surface area contributed by atoms with Gasteiger partial charge in [0.1, 0.15) is 12.6 Å². The molecule has 10 heavy (non-hydrogen) atoms. The Labute approximate surface area is 59.6 Å². The topological polar surface area (TPSA) is 83.9 Å². The molecule has 0 aliphatic heterocycles. The number of nitrogens with two attached hydrogens (primary N) is 1. The SMILES string of the molecule is N#CN.O=CCCCC=O. The maximum atomic E-state index is 9.56. The largest absolute Gasteiger partial charge is 0.337 e. The molecule has 0 saturated heterocycles. The summed E-state index contributed by atoms with van der Waals surface area (Å²) in [7, 11) is 0. The lowest BCUT2D eigenvalue weighted by atomic mass is 10.3. The lowest BCUT2D eigenvalue weighted by molar-refractivity contribution is -0.108. The van der Waals surface area contributed by atoms with Gasteiger partial charge in [-0.15, -0.1) is 0 Å². The highest BCUT2D eigenvalue weighted by Crippen LogP contribution is 1.85.